The highest BCUT2D eigenvalue weighted by molar-refractivity contribution is 6.31. The third-order valence-electron chi connectivity index (χ3n) is 4.90. The molecule has 2 aromatic carbocycles. The van der Waals surface area contributed by atoms with E-state index in [4.69, 9.17) is 21.1 Å². The molecule has 0 N–H and O–H groups in total. The van der Waals surface area contributed by atoms with Crippen molar-refractivity contribution < 1.29 is 24.0 Å². The number of hydrogen-bond donors (Lipinski definition) is 0. The van der Waals surface area contributed by atoms with E-state index in [-0.39, 0.29) is 24.5 Å². The third kappa shape index (κ3) is 4.86. The Bertz CT molecular complexity index is 1040. The van der Waals surface area contributed by atoms with Gasteiger partial charge in [-0.15, -0.1) is 0 Å². The predicted molar refractivity (Wildman–Crippen MR) is 114 cm³/mol. The lowest BCUT2D eigenvalue weighted by atomic mass is 9.85. The molecule has 0 bridgehead atoms. The molecule has 1 amide bonds. The molecule has 1 aliphatic heterocycles. The first-order chi connectivity index (χ1) is 14.8. The van der Waals surface area contributed by atoms with Crippen LogP contribution in [0.2, 0.25) is 5.02 Å². The van der Waals surface area contributed by atoms with E-state index in [0.717, 1.165) is 5.56 Å². The van der Waals surface area contributed by atoms with Crippen LogP contribution in [0.15, 0.2) is 59.8 Å². The number of esters is 1. The minimum atomic E-state index is -0.889. The van der Waals surface area contributed by atoms with E-state index in [1.807, 2.05) is 30.3 Å². The molecule has 1 heterocycles. The monoisotopic (exact) mass is 444 g/mol. The number of carbonyl (C=O) groups excluding carboxylic acids is 2. The van der Waals surface area contributed by atoms with E-state index in [9.17, 15) is 19.7 Å². The maximum atomic E-state index is 13.1. The molecule has 9 heteroatoms. The number of nitrogens with zero attached hydrogens (tertiary/aromatic N) is 2. The fourth-order valence-electron chi connectivity index (χ4n) is 3.57. The number of fused-ring (bicyclic) bond motifs is 1. The molecule has 31 heavy (non-hydrogen) atoms. The van der Waals surface area contributed by atoms with Crippen molar-refractivity contribution >= 4 is 29.4 Å². The SMILES string of the molecule is CCOC(=O)C1=C(C)N(C(=O)OCc2ccccc2)c2cc(Cl)ccc2[C@H]1C[N+](=O)[O-]. The van der Waals surface area contributed by atoms with Gasteiger partial charge in [0.25, 0.3) is 0 Å². The second-order valence-corrected chi connectivity index (χ2v) is 7.30. The quantitative estimate of drug-likeness (QED) is 0.364. The lowest BCUT2D eigenvalue weighted by Crippen LogP contribution is -2.38. The number of nitro groups is 1. The van der Waals surface area contributed by atoms with Crippen LogP contribution in [0.4, 0.5) is 10.5 Å². The number of allylic oxidation sites excluding steroid dienone is 1. The summed E-state index contributed by atoms with van der Waals surface area (Å²) in [5.41, 5.74) is 1.80. The van der Waals surface area contributed by atoms with E-state index in [1.54, 1.807) is 19.1 Å². The number of carbonyl (C=O) groups is 2. The van der Waals surface area contributed by atoms with Gasteiger partial charge >= 0.3 is 12.1 Å². The molecule has 3 rings (SSSR count). The summed E-state index contributed by atoms with van der Waals surface area (Å²) in [5, 5.41) is 11.7. The van der Waals surface area contributed by atoms with Crippen LogP contribution in [-0.4, -0.2) is 30.1 Å². The molecule has 162 valence electrons. The lowest BCUT2D eigenvalue weighted by Gasteiger charge is -2.34. The third-order valence-corrected chi connectivity index (χ3v) is 5.13. The number of halogens is 1. The lowest BCUT2D eigenvalue weighted by molar-refractivity contribution is -0.481. The van der Waals surface area contributed by atoms with E-state index in [0.29, 0.717) is 16.3 Å². The minimum Gasteiger partial charge on any atom is -0.463 e. The summed E-state index contributed by atoms with van der Waals surface area (Å²) >= 11 is 6.15. The van der Waals surface area contributed by atoms with Crippen LogP contribution in [0, 0.1) is 10.1 Å². The van der Waals surface area contributed by atoms with E-state index < -0.39 is 29.4 Å². The Morgan fingerprint density at radius 1 is 1.16 bits per heavy atom. The highest BCUT2D eigenvalue weighted by atomic mass is 35.5. The molecule has 0 unspecified atom stereocenters. The van der Waals surface area contributed by atoms with Gasteiger partial charge in [0.15, 0.2) is 0 Å². The first-order valence-corrected chi connectivity index (χ1v) is 10.0. The van der Waals surface area contributed by atoms with Crippen molar-refractivity contribution in [2.24, 2.45) is 0 Å². The second kappa shape index (κ2) is 9.61. The fraction of sp³-hybridized carbons (Fsp3) is 0.273. The molecule has 0 aromatic heterocycles. The molecule has 0 saturated heterocycles. The number of rotatable bonds is 6. The molecule has 0 aliphatic carbocycles. The Morgan fingerprint density at radius 2 is 1.87 bits per heavy atom. The standard InChI is InChI=1S/C22H21ClN2O6/c1-3-30-21(26)20-14(2)25(22(27)31-13-15-7-5-4-6-8-15)19-11-16(23)9-10-17(19)18(20)12-24(28)29/h4-11,18H,3,12-13H2,1-2H3/t18-/m1/s1. The Kier molecular flexibility index (Phi) is 6.91. The number of amides is 1. The van der Waals surface area contributed by atoms with Gasteiger partial charge in [0.1, 0.15) is 6.61 Å². The van der Waals surface area contributed by atoms with Crippen molar-refractivity contribution in [2.75, 3.05) is 18.1 Å². The van der Waals surface area contributed by atoms with Crippen LogP contribution in [0.3, 0.4) is 0 Å². The largest absolute Gasteiger partial charge is 0.463 e. The first-order valence-electron chi connectivity index (χ1n) is 9.63. The van der Waals surface area contributed by atoms with Crippen molar-refractivity contribution in [1.29, 1.82) is 0 Å². The number of hydrogen-bond acceptors (Lipinski definition) is 6. The second-order valence-electron chi connectivity index (χ2n) is 6.87. The van der Waals surface area contributed by atoms with Crippen molar-refractivity contribution in [3.8, 4) is 0 Å². The Labute approximate surface area is 184 Å². The Hall–Kier alpha value is -3.39. The van der Waals surface area contributed by atoms with Gasteiger partial charge in [-0.25, -0.2) is 14.5 Å². The topological polar surface area (TPSA) is 99.0 Å². The van der Waals surface area contributed by atoms with Crippen molar-refractivity contribution in [3.05, 3.63) is 86.1 Å². The minimum absolute atomic E-state index is 0.0203. The van der Waals surface area contributed by atoms with Crippen LogP contribution in [0.5, 0.6) is 0 Å². The highest BCUT2D eigenvalue weighted by Crippen LogP contribution is 2.43. The van der Waals surface area contributed by atoms with Crippen LogP contribution < -0.4 is 4.90 Å². The highest BCUT2D eigenvalue weighted by Gasteiger charge is 2.40. The fourth-order valence-corrected chi connectivity index (χ4v) is 3.74. The zero-order valence-corrected chi connectivity index (χ0v) is 17.8. The average molecular weight is 445 g/mol. The van der Waals surface area contributed by atoms with Crippen LogP contribution >= 0.6 is 11.6 Å². The maximum Gasteiger partial charge on any atom is 0.419 e. The van der Waals surface area contributed by atoms with Gasteiger partial charge in [-0.3, -0.25) is 10.1 Å². The zero-order chi connectivity index (χ0) is 22.5. The van der Waals surface area contributed by atoms with Gasteiger partial charge in [0.05, 0.1) is 23.8 Å². The molecule has 1 aliphatic rings. The summed E-state index contributed by atoms with van der Waals surface area (Å²) in [7, 11) is 0. The average Bonchev–Trinajstić information content (AvgIpc) is 2.72. The molecule has 0 spiro atoms. The maximum absolute atomic E-state index is 13.1. The van der Waals surface area contributed by atoms with Gasteiger partial charge in [-0.05, 0) is 37.1 Å². The zero-order valence-electron chi connectivity index (χ0n) is 17.0. The van der Waals surface area contributed by atoms with Gasteiger partial charge in [0, 0.05) is 15.6 Å². The summed E-state index contributed by atoms with van der Waals surface area (Å²) in [5.74, 6) is -1.60. The molecule has 2 aromatic rings. The van der Waals surface area contributed by atoms with Crippen LogP contribution in [0.25, 0.3) is 0 Å². The van der Waals surface area contributed by atoms with Gasteiger partial charge in [-0.1, -0.05) is 48.0 Å². The van der Waals surface area contributed by atoms with Crippen molar-refractivity contribution in [2.45, 2.75) is 26.4 Å². The van der Waals surface area contributed by atoms with Crippen molar-refractivity contribution in [3.63, 3.8) is 0 Å². The molecule has 0 fully saturated rings. The van der Waals surface area contributed by atoms with Gasteiger partial charge < -0.3 is 9.47 Å². The number of ether oxygens (including phenoxy) is 2. The summed E-state index contributed by atoms with van der Waals surface area (Å²) in [6.45, 7) is 2.75. The van der Waals surface area contributed by atoms with Crippen LogP contribution in [-0.2, 0) is 20.9 Å². The molecule has 0 radical (unpaired) electrons. The van der Waals surface area contributed by atoms with Gasteiger partial charge in [-0.2, -0.15) is 0 Å². The first kappa shape index (κ1) is 22.3. The molecular formula is C22H21ClN2O6. The predicted octanol–water partition coefficient (Wildman–Crippen LogP) is 4.69. The summed E-state index contributed by atoms with van der Waals surface area (Å²) in [6.07, 6.45) is -0.730. The number of anilines is 1. The summed E-state index contributed by atoms with van der Waals surface area (Å²) in [6, 6.07) is 13.8. The summed E-state index contributed by atoms with van der Waals surface area (Å²) in [4.78, 5) is 37.8. The van der Waals surface area contributed by atoms with E-state index in [1.165, 1.54) is 17.9 Å². The van der Waals surface area contributed by atoms with Gasteiger partial charge in [0.2, 0.25) is 6.54 Å². The molecule has 1 atom stereocenters. The Balaban J connectivity index is 2.06. The normalized spacial score (nSPS) is 15.3. The molecule has 8 nitrogen and oxygen atoms in total. The molecular weight excluding hydrogens is 424 g/mol. The smallest absolute Gasteiger partial charge is 0.419 e. The molecule has 0 saturated carbocycles. The summed E-state index contributed by atoms with van der Waals surface area (Å²) < 4.78 is 10.6. The Morgan fingerprint density at radius 3 is 2.52 bits per heavy atom. The van der Waals surface area contributed by atoms with Crippen LogP contribution in [0.1, 0.15) is 30.9 Å². The van der Waals surface area contributed by atoms with E-state index in [2.05, 4.69) is 0 Å². The van der Waals surface area contributed by atoms with E-state index >= 15 is 0 Å². The van der Waals surface area contributed by atoms with Crippen molar-refractivity contribution in [1.82, 2.24) is 0 Å². The number of benzene rings is 2.